The van der Waals surface area contributed by atoms with E-state index >= 15 is 0 Å². The highest BCUT2D eigenvalue weighted by atomic mass is 32.2. The van der Waals surface area contributed by atoms with Gasteiger partial charge in [0.05, 0.1) is 0 Å². The van der Waals surface area contributed by atoms with Crippen LogP contribution in [0.15, 0.2) is 35.4 Å². The third-order valence-electron chi connectivity index (χ3n) is 2.68. The summed E-state index contributed by atoms with van der Waals surface area (Å²) in [6.07, 6.45) is 0.937. The molecule has 21 heavy (non-hydrogen) atoms. The zero-order valence-electron chi connectivity index (χ0n) is 10.8. The van der Waals surface area contributed by atoms with Crippen molar-refractivity contribution < 1.29 is 17.2 Å². The zero-order chi connectivity index (χ0) is 15.6. The van der Waals surface area contributed by atoms with Crippen molar-refractivity contribution in [3.05, 3.63) is 53.4 Å². The van der Waals surface area contributed by atoms with E-state index in [4.69, 9.17) is 5.26 Å². The first-order valence-corrected chi connectivity index (χ1v) is 7.17. The molecule has 0 saturated heterocycles. The molecule has 0 saturated carbocycles. The van der Waals surface area contributed by atoms with E-state index in [1.165, 1.54) is 19.1 Å². The summed E-state index contributed by atoms with van der Waals surface area (Å²) in [5, 5.41) is 8.59. The Morgan fingerprint density at radius 3 is 2.52 bits per heavy atom. The van der Waals surface area contributed by atoms with Crippen LogP contribution in [0.25, 0.3) is 0 Å². The molecule has 0 aliphatic carbocycles. The smallest absolute Gasteiger partial charge is 0.263 e. The minimum absolute atomic E-state index is 0.0295. The predicted octanol–water partition coefficient (Wildman–Crippen LogP) is 2.34. The van der Waals surface area contributed by atoms with Crippen LogP contribution in [0.4, 0.5) is 14.5 Å². The number of benzene rings is 1. The Hall–Kier alpha value is -2.53. The van der Waals surface area contributed by atoms with E-state index in [0.29, 0.717) is 0 Å². The second-order valence-corrected chi connectivity index (χ2v) is 5.83. The number of pyridine rings is 1. The van der Waals surface area contributed by atoms with Crippen LogP contribution in [-0.4, -0.2) is 13.4 Å². The fourth-order valence-electron chi connectivity index (χ4n) is 1.55. The van der Waals surface area contributed by atoms with Gasteiger partial charge < -0.3 is 0 Å². The summed E-state index contributed by atoms with van der Waals surface area (Å²) in [5.74, 6) is -2.01. The van der Waals surface area contributed by atoms with E-state index in [1.807, 2.05) is 4.72 Å². The van der Waals surface area contributed by atoms with Crippen LogP contribution in [-0.2, 0) is 10.0 Å². The summed E-state index contributed by atoms with van der Waals surface area (Å²) in [7, 11) is -4.20. The number of nitrogens with zero attached hydrogens (tertiary/aromatic N) is 2. The van der Waals surface area contributed by atoms with Gasteiger partial charge >= 0.3 is 0 Å². The number of halogens is 2. The van der Waals surface area contributed by atoms with Crippen molar-refractivity contribution in [1.82, 2.24) is 4.98 Å². The van der Waals surface area contributed by atoms with Crippen LogP contribution < -0.4 is 4.72 Å². The van der Waals surface area contributed by atoms with E-state index in [-0.39, 0.29) is 16.2 Å². The lowest BCUT2D eigenvalue weighted by Gasteiger charge is -2.11. The third kappa shape index (κ3) is 2.98. The largest absolute Gasteiger partial charge is 0.274 e. The molecular formula is C13H9F2N3O2S. The van der Waals surface area contributed by atoms with Crippen LogP contribution in [0.1, 0.15) is 11.3 Å². The predicted molar refractivity (Wildman–Crippen MR) is 70.9 cm³/mol. The SMILES string of the molecule is Cc1ccc(F)c(NS(=O)(=O)c2ccc(C#N)nc2)c1F. The third-order valence-corrected chi connectivity index (χ3v) is 4.02. The molecule has 5 nitrogen and oxygen atoms in total. The number of rotatable bonds is 3. The van der Waals surface area contributed by atoms with Crippen LogP contribution in [0.2, 0.25) is 0 Å². The number of sulfonamides is 1. The molecule has 0 amide bonds. The first-order chi connectivity index (χ1) is 9.85. The lowest BCUT2D eigenvalue weighted by Crippen LogP contribution is -2.16. The Bertz CT molecular complexity index is 828. The lowest BCUT2D eigenvalue weighted by molar-refractivity contribution is 0.578. The molecule has 1 N–H and O–H groups in total. The summed E-state index contributed by atoms with van der Waals surface area (Å²) in [6, 6.07) is 6.22. The minimum Gasteiger partial charge on any atom is -0.274 e. The standard InChI is InChI=1S/C13H9F2N3O2S/c1-8-2-5-11(14)13(12(8)15)18-21(19,20)10-4-3-9(6-16)17-7-10/h2-5,7,18H,1H3. The number of aryl methyl sites for hydroxylation is 1. The first-order valence-electron chi connectivity index (χ1n) is 5.69. The topological polar surface area (TPSA) is 82.9 Å². The molecule has 0 aliphatic heterocycles. The maximum Gasteiger partial charge on any atom is 0.263 e. The van der Waals surface area contributed by atoms with E-state index in [0.717, 1.165) is 18.3 Å². The Kier molecular flexibility index (Phi) is 3.86. The second kappa shape index (κ2) is 5.46. The second-order valence-electron chi connectivity index (χ2n) is 4.15. The molecule has 1 heterocycles. The highest BCUT2D eigenvalue weighted by Crippen LogP contribution is 2.24. The van der Waals surface area contributed by atoms with Gasteiger partial charge in [-0.2, -0.15) is 5.26 Å². The van der Waals surface area contributed by atoms with Crippen LogP contribution >= 0.6 is 0 Å². The average molecular weight is 309 g/mol. The molecule has 0 spiro atoms. The zero-order valence-corrected chi connectivity index (χ0v) is 11.6. The van der Waals surface area contributed by atoms with Crippen molar-refractivity contribution in [2.24, 2.45) is 0 Å². The summed E-state index contributed by atoms with van der Waals surface area (Å²) >= 11 is 0. The van der Waals surface area contributed by atoms with Crippen molar-refractivity contribution in [1.29, 1.82) is 5.26 Å². The molecule has 0 atom stereocenters. The maximum absolute atomic E-state index is 13.8. The fourth-order valence-corrected chi connectivity index (χ4v) is 2.56. The monoisotopic (exact) mass is 309 g/mol. The van der Waals surface area contributed by atoms with Gasteiger partial charge in [-0.3, -0.25) is 4.72 Å². The van der Waals surface area contributed by atoms with Gasteiger partial charge in [0.25, 0.3) is 10.0 Å². The Morgan fingerprint density at radius 2 is 1.95 bits per heavy atom. The van der Waals surface area contributed by atoms with Crippen molar-refractivity contribution in [2.75, 3.05) is 4.72 Å². The van der Waals surface area contributed by atoms with Gasteiger partial charge in [0, 0.05) is 6.20 Å². The van der Waals surface area contributed by atoms with Gasteiger partial charge in [0.2, 0.25) is 0 Å². The molecule has 1 aromatic heterocycles. The van der Waals surface area contributed by atoms with Gasteiger partial charge in [0.15, 0.2) is 5.82 Å². The minimum atomic E-state index is -4.20. The van der Waals surface area contributed by atoms with E-state index in [9.17, 15) is 17.2 Å². The van der Waals surface area contributed by atoms with Gasteiger partial charge in [-0.05, 0) is 30.7 Å². The summed E-state index contributed by atoms with van der Waals surface area (Å²) < 4.78 is 53.3. The first kappa shape index (κ1) is 14.9. The van der Waals surface area contributed by atoms with Crippen LogP contribution in [0, 0.1) is 29.9 Å². The number of hydrogen-bond donors (Lipinski definition) is 1. The molecule has 0 aliphatic rings. The van der Waals surface area contributed by atoms with Crippen molar-refractivity contribution in [3.63, 3.8) is 0 Å². The van der Waals surface area contributed by atoms with Gasteiger partial charge in [0.1, 0.15) is 28.2 Å². The average Bonchev–Trinajstić information content (AvgIpc) is 2.48. The normalized spacial score (nSPS) is 11.0. The number of nitrogens with one attached hydrogen (secondary N) is 1. The van der Waals surface area contributed by atoms with Crippen molar-refractivity contribution in [3.8, 4) is 6.07 Å². The molecular weight excluding hydrogens is 300 g/mol. The molecule has 108 valence electrons. The summed E-state index contributed by atoms with van der Waals surface area (Å²) in [4.78, 5) is 3.30. The van der Waals surface area contributed by atoms with Crippen molar-refractivity contribution in [2.45, 2.75) is 11.8 Å². The van der Waals surface area contributed by atoms with E-state index in [1.54, 1.807) is 6.07 Å². The molecule has 0 bridgehead atoms. The number of anilines is 1. The maximum atomic E-state index is 13.8. The van der Waals surface area contributed by atoms with E-state index in [2.05, 4.69) is 4.98 Å². The van der Waals surface area contributed by atoms with Gasteiger partial charge in [-0.15, -0.1) is 0 Å². The van der Waals surface area contributed by atoms with Crippen LogP contribution in [0.5, 0.6) is 0 Å². The molecule has 8 heteroatoms. The molecule has 0 fully saturated rings. The van der Waals surface area contributed by atoms with Gasteiger partial charge in [-0.25, -0.2) is 22.2 Å². The molecule has 0 radical (unpaired) electrons. The van der Waals surface area contributed by atoms with Crippen molar-refractivity contribution >= 4 is 15.7 Å². The molecule has 1 aromatic carbocycles. The van der Waals surface area contributed by atoms with Crippen LogP contribution in [0.3, 0.4) is 0 Å². The van der Waals surface area contributed by atoms with Gasteiger partial charge in [-0.1, -0.05) is 6.07 Å². The highest BCUT2D eigenvalue weighted by Gasteiger charge is 2.20. The summed E-state index contributed by atoms with van der Waals surface area (Å²) in [6.45, 7) is 1.38. The Labute approximate surface area is 119 Å². The van der Waals surface area contributed by atoms with E-state index < -0.39 is 27.3 Å². The Morgan fingerprint density at radius 1 is 1.24 bits per heavy atom. The molecule has 2 rings (SSSR count). The fraction of sp³-hybridized carbons (Fsp3) is 0.0769. The summed E-state index contributed by atoms with van der Waals surface area (Å²) in [5.41, 5.74) is -0.617. The number of hydrogen-bond acceptors (Lipinski definition) is 4. The highest BCUT2D eigenvalue weighted by molar-refractivity contribution is 7.92. The molecule has 0 unspecified atom stereocenters. The number of aromatic nitrogens is 1. The molecule has 2 aromatic rings. The quantitative estimate of drug-likeness (QED) is 0.943. The lowest BCUT2D eigenvalue weighted by atomic mass is 10.2. The number of nitriles is 1. The Balaban J connectivity index is 2.42.